The number of benzene rings is 2. The third kappa shape index (κ3) is 7.85. The van der Waals surface area contributed by atoms with Gasteiger partial charge in [-0.05, 0) is 36.6 Å². The topological polar surface area (TPSA) is 86.7 Å². The van der Waals surface area contributed by atoms with Crippen LogP contribution in [0.1, 0.15) is 51.0 Å². The number of rotatable bonds is 10. The molecule has 5 nitrogen and oxygen atoms in total. The summed E-state index contributed by atoms with van der Waals surface area (Å²) in [5.41, 5.74) is 0.0939. The van der Waals surface area contributed by atoms with Gasteiger partial charge in [-0.1, -0.05) is 63.3 Å². The Morgan fingerprint density at radius 2 is 1.59 bits per heavy atom. The van der Waals surface area contributed by atoms with E-state index in [4.69, 9.17) is 4.74 Å². The Balaban J connectivity index is 0.00000364. The van der Waals surface area contributed by atoms with Crippen molar-refractivity contribution in [3.63, 3.8) is 0 Å². The second-order valence-electron chi connectivity index (χ2n) is 6.28. The molecule has 142 valence electrons. The molecule has 0 radical (unpaired) electrons. The fraction of sp³-hybridized carbons (Fsp3) is 0.400. The summed E-state index contributed by atoms with van der Waals surface area (Å²) in [6.45, 7) is 2.14. The zero-order chi connectivity index (χ0) is 19.0. The van der Waals surface area contributed by atoms with Crippen LogP contribution in [0.4, 0.5) is 0 Å². The van der Waals surface area contributed by atoms with Crippen LogP contribution in [0.3, 0.4) is 0 Å². The molecule has 0 aromatic heterocycles. The molecule has 2 rings (SSSR count). The molecule has 7 heteroatoms. The zero-order valence-electron chi connectivity index (χ0n) is 16.0. The predicted octanol–water partition coefficient (Wildman–Crippen LogP) is 1.71. The Morgan fingerprint density at radius 3 is 2.22 bits per heavy atom. The Labute approximate surface area is 204 Å². The van der Waals surface area contributed by atoms with E-state index in [1.165, 1.54) is 18.6 Å². The molecule has 0 aliphatic heterocycles. The van der Waals surface area contributed by atoms with E-state index in [-0.39, 0.29) is 62.7 Å². The van der Waals surface area contributed by atoms with Crippen LogP contribution in [0, 0.1) is 0 Å². The molecule has 0 atom stereocenters. The van der Waals surface area contributed by atoms with Gasteiger partial charge in [-0.15, -0.1) is 5.75 Å². The monoisotopic (exact) mass is 416 g/mol. The van der Waals surface area contributed by atoms with E-state index >= 15 is 0 Å². The van der Waals surface area contributed by atoms with Crippen LogP contribution < -0.4 is 61.2 Å². The number of para-hydroxylation sites is 1. The van der Waals surface area contributed by atoms with E-state index in [0.717, 1.165) is 25.7 Å². The number of ether oxygens (including phenoxy) is 1. The molecule has 0 saturated heterocycles. The fourth-order valence-corrected chi connectivity index (χ4v) is 3.76. The van der Waals surface area contributed by atoms with Crippen molar-refractivity contribution in [2.24, 2.45) is 0 Å². The molecule has 0 heterocycles. The van der Waals surface area contributed by atoms with Gasteiger partial charge in [-0.25, -0.2) is 0 Å². The second kappa shape index (κ2) is 12.2. The van der Waals surface area contributed by atoms with Gasteiger partial charge >= 0.3 is 51.4 Å². The van der Waals surface area contributed by atoms with Crippen molar-refractivity contribution < 1.29 is 74.2 Å². The van der Waals surface area contributed by atoms with E-state index in [1.807, 2.05) is 0 Å². The Hall–Kier alpha value is -0.414. The van der Waals surface area contributed by atoms with Crippen LogP contribution in [-0.2, 0) is 16.5 Å². The summed E-state index contributed by atoms with van der Waals surface area (Å²) in [4.78, 5) is -0.414. The van der Waals surface area contributed by atoms with Crippen LogP contribution in [0.15, 0.2) is 47.4 Å². The number of hydrogen-bond acceptors (Lipinski definition) is 4. The van der Waals surface area contributed by atoms with Gasteiger partial charge in [0.2, 0.25) is 0 Å². The maximum Gasteiger partial charge on any atom is 1.00 e. The first-order valence-electron chi connectivity index (χ1n) is 8.96. The molecule has 0 spiro atoms. The van der Waals surface area contributed by atoms with E-state index in [0.29, 0.717) is 18.6 Å². The number of hydrogen-bond donors (Lipinski definition) is 1. The first-order chi connectivity index (χ1) is 12.4. The van der Waals surface area contributed by atoms with Gasteiger partial charge in [-0.2, -0.15) is 8.42 Å². The molecule has 0 saturated carbocycles. The first-order valence-corrected chi connectivity index (χ1v) is 10.4. The minimum Gasteiger partial charge on any atom is -0.872 e. The molecular weight excluding hydrogens is 391 g/mol. The molecule has 1 N–H and O–H groups in total. The number of unbranched alkanes of at least 4 members (excludes halogenated alkanes) is 5. The summed E-state index contributed by atoms with van der Waals surface area (Å²) < 4.78 is 39.1. The average Bonchev–Trinajstić information content (AvgIpc) is 2.60. The molecule has 2 aromatic rings. The van der Waals surface area contributed by atoms with Crippen LogP contribution in [0.5, 0.6) is 17.2 Å². The first kappa shape index (κ1) is 24.6. The van der Waals surface area contributed by atoms with Crippen molar-refractivity contribution in [2.75, 3.05) is 0 Å². The summed E-state index contributed by atoms with van der Waals surface area (Å²) in [5.74, 6) is 0.00689. The summed E-state index contributed by atoms with van der Waals surface area (Å²) in [6.07, 6.45) is 6.39. The molecule has 0 fully saturated rings. The predicted molar refractivity (Wildman–Crippen MR) is 99.3 cm³/mol. The molecule has 27 heavy (non-hydrogen) atoms. The van der Waals surface area contributed by atoms with E-state index in [9.17, 15) is 18.1 Å². The van der Waals surface area contributed by atoms with E-state index in [1.54, 1.807) is 30.3 Å². The second-order valence-corrected chi connectivity index (χ2v) is 7.64. The Kier molecular flexibility index (Phi) is 11.1. The van der Waals surface area contributed by atoms with Crippen LogP contribution >= 0.6 is 0 Å². The van der Waals surface area contributed by atoms with Crippen LogP contribution in [0.2, 0.25) is 0 Å². The van der Waals surface area contributed by atoms with Crippen molar-refractivity contribution in [2.45, 2.75) is 56.8 Å². The maximum absolute atomic E-state index is 12.2. The van der Waals surface area contributed by atoms with Gasteiger partial charge in [0.05, 0.1) is 0 Å². The third-order valence-electron chi connectivity index (χ3n) is 4.19. The van der Waals surface area contributed by atoms with E-state index in [2.05, 4.69) is 6.92 Å². The average molecular weight is 417 g/mol. The summed E-state index contributed by atoms with van der Waals surface area (Å²) in [5, 5.41) is 12.2. The molecule has 0 bridgehead atoms. The summed E-state index contributed by atoms with van der Waals surface area (Å²) in [7, 11) is -4.58. The summed E-state index contributed by atoms with van der Waals surface area (Å²) in [6, 6.07) is 11.2. The van der Waals surface area contributed by atoms with Gasteiger partial charge in [0.15, 0.2) is 0 Å². The van der Waals surface area contributed by atoms with E-state index < -0.39 is 20.8 Å². The van der Waals surface area contributed by atoms with Crippen molar-refractivity contribution in [1.82, 2.24) is 0 Å². The SMILES string of the molecule is CCCCCCCCc1c([O-])ccc(Oc2ccccc2)c1S(=O)(=O)O.[K+]. The smallest absolute Gasteiger partial charge is 0.872 e. The Morgan fingerprint density at radius 1 is 0.963 bits per heavy atom. The molecule has 0 unspecified atom stereocenters. The largest absolute Gasteiger partial charge is 1.00 e. The minimum absolute atomic E-state index is 0. The van der Waals surface area contributed by atoms with Crippen molar-refractivity contribution in [3.8, 4) is 17.2 Å². The zero-order valence-corrected chi connectivity index (χ0v) is 19.9. The minimum atomic E-state index is -4.58. The molecule has 0 aliphatic rings. The molecule has 2 aromatic carbocycles. The fourth-order valence-electron chi connectivity index (χ4n) is 2.89. The van der Waals surface area contributed by atoms with Gasteiger partial charge < -0.3 is 9.84 Å². The van der Waals surface area contributed by atoms with Crippen molar-refractivity contribution >= 4 is 10.1 Å². The Bertz CT molecular complexity index is 807. The van der Waals surface area contributed by atoms with Gasteiger partial charge in [-0.3, -0.25) is 4.55 Å². The van der Waals surface area contributed by atoms with Crippen molar-refractivity contribution in [3.05, 3.63) is 48.0 Å². The van der Waals surface area contributed by atoms with Crippen molar-refractivity contribution in [1.29, 1.82) is 0 Å². The van der Waals surface area contributed by atoms with Gasteiger partial charge in [0.25, 0.3) is 10.1 Å². The van der Waals surface area contributed by atoms with Gasteiger partial charge in [0.1, 0.15) is 16.4 Å². The maximum atomic E-state index is 12.2. The quantitative estimate of drug-likeness (QED) is 0.362. The van der Waals surface area contributed by atoms with Gasteiger partial charge in [0, 0.05) is 0 Å². The molecular formula is C20H25KO5S. The van der Waals surface area contributed by atoms with Crippen LogP contribution in [-0.4, -0.2) is 13.0 Å². The standard InChI is InChI=1S/C20H26O5S.K/c1-2-3-4-5-6-10-13-17-18(21)14-15-19(20(17)26(22,23)24)25-16-11-8-7-9-12-16;/h7-9,11-12,14-15,21H,2-6,10,13H2,1H3,(H,22,23,24);/q;+1/p-1. The third-order valence-corrected chi connectivity index (χ3v) is 5.15. The van der Waals surface area contributed by atoms with Crippen LogP contribution in [0.25, 0.3) is 0 Å². The summed E-state index contributed by atoms with van der Waals surface area (Å²) >= 11 is 0. The normalized spacial score (nSPS) is 11.0. The molecule has 0 amide bonds. The molecule has 0 aliphatic carbocycles.